The van der Waals surface area contributed by atoms with Crippen LogP contribution < -0.4 is 10.6 Å². The minimum Gasteiger partial charge on any atom is -0.338 e. The van der Waals surface area contributed by atoms with Gasteiger partial charge in [-0.15, -0.1) is 0 Å². The second-order valence-corrected chi connectivity index (χ2v) is 4.93. The van der Waals surface area contributed by atoms with Crippen LogP contribution in [-0.4, -0.2) is 19.1 Å². The number of carbonyl (C=O) groups excluding carboxylic acids is 1. The molecular weight excluding hydrogens is 248 g/mol. The largest absolute Gasteiger partial charge is 0.338 e. The number of urea groups is 1. The molecule has 0 atom stereocenters. The Morgan fingerprint density at radius 1 is 1.00 bits per heavy atom. The Morgan fingerprint density at radius 2 is 1.75 bits per heavy atom. The zero-order valence-corrected chi connectivity index (χ0v) is 11.8. The van der Waals surface area contributed by atoms with Gasteiger partial charge in [0.1, 0.15) is 0 Å². The summed E-state index contributed by atoms with van der Waals surface area (Å²) in [6.45, 7) is 1.35. The van der Waals surface area contributed by atoms with Gasteiger partial charge in [0.2, 0.25) is 0 Å². The van der Waals surface area contributed by atoms with Crippen molar-refractivity contribution >= 4 is 6.03 Å². The van der Waals surface area contributed by atoms with Gasteiger partial charge >= 0.3 is 6.03 Å². The summed E-state index contributed by atoms with van der Waals surface area (Å²) in [5, 5.41) is 5.77. The molecule has 0 unspecified atom stereocenters. The number of hydrogen-bond acceptors (Lipinski definition) is 1. The summed E-state index contributed by atoms with van der Waals surface area (Å²) in [6.07, 6.45) is 10.6. The summed E-state index contributed by atoms with van der Waals surface area (Å²) in [5.41, 5.74) is 2.56. The van der Waals surface area contributed by atoms with Crippen molar-refractivity contribution in [3.63, 3.8) is 0 Å². The SMILES string of the molecule is O=C(NCCC1=CCCC=C1)NCCc1ccccc1. The number of nitrogens with one attached hydrogen (secondary N) is 2. The molecular formula is C17H22N2O. The lowest BCUT2D eigenvalue weighted by Gasteiger charge is -2.09. The van der Waals surface area contributed by atoms with E-state index in [2.05, 4.69) is 41.0 Å². The highest BCUT2D eigenvalue weighted by molar-refractivity contribution is 5.73. The topological polar surface area (TPSA) is 41.1 Å². The van der Waals surface area contributed by atoms with Crippen molar-refractivity contribution in [1.82, 2.24) is 10.6 Å². The van der Waals surface area contributed by atoms with Gasteiger partial charge in [-0.3, -0.25) is 0 Å². The molecule has 0 bridgehead atoms. The zero-order chi connectivity index (χ0) is 14.0. The third-order valence-corrected chi connectivity index (χ3v) is 3.31. The van der Waals surface area contributed by atoms with Crippen molar-refractivity contribution < 1.29 is 4.79 Å². The van der Waals surface area contributed by atoms with Crippen molar-refractivity contribution in [2.24, 2.45) is 0 Å². The Labute approximate surface area is 120 Å². The fourth-order valence-electron chi connectivity index (χ4n) is 2.20. The molecule has 3 nitrogen and oxygen atoms in total. The Kier molecular flexibility index (Phi) is 5.90. The van der Waals surface area contributed by atoms with E-state index in [4.69, 9.17) is 0 Å². The van der Waals surface area contributed by atoms with Crippen LogP contribution in [0, 0.1) is 0 Å². The predicted molar refractivity (Wildman–Crippen MR) is 82.6 cm³/mol. The Morgan fingerprint density at radius 3 is 2.45 bits per heavy atom. The van der Waals surface area contributed by atoms with Crippen LogP contribution in [0.4, 0.5) is 4.79 Å². The van der Waals surface area contributed by atoms with Gasteiger partial charge < -0.3 is 10.6 Å². The number of allylic oxidation sites excluding steroid dienone is 3. The molecule has 20 heavy (non-hydrogen) atoms. The monoisotopic (exact) mass is 270 g/mol. The number of amides is 2. The van der Waals surface area contributed by atoms with E-state index in [0.717, 1.165) is 25.7 Å². The van der Waals surface area contributed by atoms with Crippen LogP contribution in [0.25, 0.3) is 0 Å². The van der Waals surface area contributed by atoms with Gasteiger partial charge in [-0.2, -0.15) is 0 Å². The number of carbonyl (C=O) groups is 1. The summed E-state index contributed by atoms with van der Waals surface area (Å²) in [4.78, 5) is 11.6. The van der Waals surface area contributed by atoms with Crippen LogP contribution in [-0.2, 0) is 6.42 Å². The maximum absolute atomic E-state index is 11.6. The first-order chi connectivity index (χ1) is 9.84. The lowest BCUT2D eigenvalue weighted by molar-refractivity contribution is 0.241. The molecule has 0 radical (unpaired) electrons. The zero-order valence-electron chi connectivity index (χ0n) is 11.8. The van der Waals surface area contributed by atoms with Crippen LogP contribution in [0.1, 0.15) is 24.8 Å². The third-order valence-electron chi connectivity index (χ3n) is 3.31. The molecule has 0 aromatic heterocycles. The molecule has 0 saturated heterocycles. The molecule has 2 amide bonds. The average molecular weight is 270 g/mol. The van der Waals surface area contributed by atoms with Crippen molar-refractivity contribution in [1.29, 1.82) is 0 Å². The van der Waals surface area contributed by atoms with Gasteiger partial charge in [-0.25, -0.2) is 4.79 Å². The molecule has 3 heteroatoms. The lowest BCUT2D eigenvalue weighted by Crippen LogP contribution is -2.37. The standard InChI is InChI=1S/C17H22N2O/c20-17(18-13-11-15-7-3-1-4-8-15)19-14-12-16-9-5-2-6-10-16/h1,3-5,7-10H,2,6,11-14H2,(H2,18,19,20). The first-order valence-corrected chi connectivity index (χ1v) is 7.26. The Bertz CT molecular complexity index is 477. The minimum atomic E-state index is -0.0821. The van der Waals surface area contributed by atoms with E-state index in [1.807, 2.05) is 18.2 Å². The predicted octanol–water partition coefficient (Wildman–Crippen LogP) is 3.19. The fourth-order valence-corrected chi connectivity index (χ4v) is 2.20. The molecule has 2 rings (SSSR count). The molecule has 1 aromatic carbocycles. The van der Waals surface area contributed by atoms with E-state index >= 15 is 0 Å². The van der Waals surface area contributed by atoms with E-state index in [-0.39, 0.29) is 6.03 Å². The van der Waals surface area contributed by atoms with Crippen LogP contribution in [0.5, 0.6) is 0 Å². The van der Waals surface area contributed by atoms with Gasteiger partial charge in [0.15, 0.2) is 0 Å². The highest BCUT2D eigenvalue weighted by Gasteiger charge is 2.01. The summed E-state index contributed by atoms with van der Waals surface area (Å²) in [5.74, 6) is 0. The van der Waals surface area contributed by atoms with Crippen molar-refractivity contribution in [3.05, 3.63) is 59.7 Å². The summed E-state index contributed by atoms with van der Waals surface area (Å²) in [7, 11) is 0. The third kappa shape index (κ3) is 5.31. The molecule has 1 aromatic rings. The molecule has 0 spiro atoms. The van der Waals surface area contributed by atoms with Gasteiger partial charge in [-0.1, -0.05) is 54.1 Å². The van der Waals surface area contributed by atoms with Crippen LogP contribution in [0.3, 0.4) is 0 Å². The minimum absolute atomic E-state index is 0.0821. The maximum atomic E-state index is 11.6. The van der Waals surface area contributed by atoms with Crippen molar-refractivity contribution in [2.75, 3.05) is 13.1 Å². The molecule has 0 aliphatic heterocycles. The van der Waals surface area contributed by atoms with E-state index in [9.17, 15) is 4.79 Å². The number of hydrogen-bond donors (Lipinski definition) is 2. The summed E-state index contributed by atoms with van der Waals surface area (Å²) in [6, 6.07) is 10.1. The average Bonchev–Trinajstić information content (AvgIpc) is 2.49. The van der Waals surface area contributed by atoms with Crippen molar-refractivity contribution in [3.8, 4) is 0 Å². The molecule has 1 aliphatic rings. The lowest BCUT2D eigenvalue weighted by atomic mass is 10.0. The summed E-state index contributed by atoms with van der Waals surface area (Å²) < 4.78 is 0. The van der Waals surface area contributed by atoms with Gasteiger partial charge in [0.05, 0.1) is 0 Å². The fraction of sp³-hybridized carbons (Fsp3) is 0.353. The first-order valence-electron chi connectivity index (χ1n) is 7.26. The van der Waals surface area contributed by atoms with Gasteiger partial charge in [-0.05, 0) is 31.2 Å². The molecule has 0 heterocycles. The molecule has 0 saturated carbocycles. The van der Waals surface area contributed by atoms with E-state index < -0.39 is 0 Å². The number of benzene rings is 1. The van der Waals surface area contributed by atoms with E-state index in [0.29, 0.717) is 13.1 Å². The Hall–Kier alpha value is -2.03. The number of rotatable bonds is 6. The second-order valence-electron chi connectivity index (χ2n) is 4.93. The highest BCUT2D eigenvalue weighted by atomic mass is 16.2. The first kappa shape index (κ1) is 14.4. The van der Waals surface area contributed by atoms with E-state index in [1.165, 1.54) is 11.1 Å². The second kappa shape index (κ2) is 8.20. The molecule has 0 fully saturated rings. The van der Waals surface area contributed by atoms with Gasteiger partial charge in [0, 0.05) is 13.1 Å². The summed E-state index contributed by atoms with van der Waals surface area (Å²) >= 11 is 0. The quantitative estimate of drug-likeness (QED) is 0.819. The van der Waals surface area contributed by atoms with Crippen LogP contribution in [0.15, 0.2) is 54.1 Å². The maximum Gasteiger partial charge on any atom is 0.314 e. The van der Waals surface area contributed by atoms with Crippen LogP contribution >= 0.6 is 0 Å². The highest BCUT2D eigenvalue weighted by Crippen LogP contribution is 2.11. The van der Waals surface area contributed by atoms with Gasteiger partial charge in [0.25, 0.3) is 0 Å². The molecule has 1 aliphatic carbocycles. The smallest absolute Gasteiger partial charge is 0.314 e. The van der Waals surface area contributed by atoms with Crippen molar-refractivity contribution in [2.45, 2.75) is 25.7 Å². The molecule has 106 valence electrons. The Balaban J connectivity index is 1.56. The van der Waals surface area contributed by atoms with E-state index in [1.54, 1.807) is 0 Å². The molecule has 2 N–H and O–H groups in total. The van der Waals surface area contributed by atoms with Crippen LogP contribution in [0.2, 0.25) is 0 Å². The normalized spacial score (nSPS) is 13.7.